The lowest BCUT2D eigenvalue weighted by atomic mass is 9.90. The molecule has 3 rings (SSSR count). The first-order valence-electron chi connectivity index (χ1n) is 10.0. The summed E-state index contributed by atoms with van der Waals surface area (Å²) in [6.07, 6.45) is 3.68. The summed E-state index contributed by atoms with van der Waals surface area (Å²) in [5.74, 6) is -1.25. The maximum absolute atomic E-state index is 13.4. The minimum Gasteiger partial charge on any atom is -0.343 e. The highest BCUT2D eigenvalue weighted by molar-refractivity contribution is 5.92. The number of amides is 2. The highest BCUT2D eigenvalue weighted by Gasteiger charge is 2.28. The molecule has 0 radical (unpaired) electrons. The van der Waals surface area contributed by atoms with Gasteiger partial charge in [0.05, 0.1) is 12.0 Å². The van der Waals surface area contributed by atoms with Gasteiger partial charge in [-0.3, -0.25) is 14.6 Å². The van der Waals surface area contributed by atoms with Crippen molar-refractivity contribution < 1.29 is 9.59 Å². The summed E-state index contributed by atoms with van der Waals surface area (Å²) in [6.45, 7) is 1.79. The van der Waals surface area contributed by atoms with Crippen LogP contribution in [0.25, 0.3) is 0 Å². The Balaban J connectivity index is 1.89. The molecule has 0 saturated carbocycles. The molecule has 1 atom stereocenters. The fourth-order valence-corrected chi connectivity index (χ4v) is 3.47. The van der Waals surface area contributed by atoms with Crippen molar-refractivity contribution in [3.8, 4) is 6.07 Å². The van der Waals surface area contributed by atoms with Crippen LogP contribution in [-0.4, -0.2) is 29.4 Å². The summed E-state index contributed by atoms with van der Waals surface area (Å²) in [5, 5.41) is 14.3. The zero-order chi connectivity index (χ0) is 22.1. The SMILES string of the molecule is Cc1cncc(C[C@H](NC(=O)C(c2ccccc2)c2ccccc2)C(=O)NCC#N)c1. The Hall–Kier alpha value is -3.98. The number of nitrogens with zero attached hydrogens (tertiary/aromatic N) is 2. The van der Waals surface area contributed by atoms with Gasteiger partial charge in [0, 0.05) is 18.8 Å². The van der Waals surface area contributed by atoms with Crippen molar-refractivity contribution in [3.63, 3.8) is 0 Å². The molecule has 31 heavy (non-hydrogen) atoms. The van der Waals surface area contributed by atoms with E-state index in [2.05, 4.69) is 15.6 Å². The first-order valence-corrected chi connectivity index (χ1v) is 10.0. The predicted octanol–water partition coefficient (Wildman–Crippen LogP) is 2.89. The summed E-state index contributed by atoms with van der Waals surface area (Å²) in [4.78, 5) is 30.3. The van der Waals surface area contributed by atoms with E-state index in [0.29, 0.717) is 0 Å². The zero-order valence-electron chi connectivity index (χ0n) is 17.3. The van der Waals surface area contributed by atoms with Gasteiger partial charge in [-0.25, -0.2) is 0 Å². The Kier molecular flexibility index (Phi) is 7.50. The number of aryl methyl sites for hydroxylation is 1. The molecule has 0 unspecified atom stereocenters. The third-order valence-corrected chi connectivity index (χ3v) is 4.87. The third-order valence-electron chi connectivity index (χ3n) is 4.87. The molecule has 6 nitrogen and oxygen atoms in total. The molecule has 3 aromatic rings. The van der Waals surface area contributed by atoms with E-state index in [-0.39, 0.29) is 18.9 Å². The molecule has 156 valence electrons. The summed E-state index contributed by atoms with van der Waals surface area (Å²) >= 11 is 0. The van der Waals surface area contributed by atoms with Crippen LogP contribution in [0.4, 0.5) is 0 Å². The van der Waals surface area contributed by atoms with E-state index < -0.39 is 17.9 Å². The van der Waals surface area contributed by atoms with Crippen molar-refractivity contribution in [2.45, 2.75) is 25.3 Å². The molecule has 0 spiro atoms. The lowest BCUT2D eigenvalue weighted by Gasteiger charge is -2.23. The fourth-order valence-electron chi connectivity index (χ4n) is 3.47. The third kappa shape index (κ3) is 6.00. The molecule has 0 aliphatic heterocycles. The second-order valence-electron chi connectivity index (χ2n) is 7.27. The number of nitrogens with one attached hydrogen (secondary N) is 2. The van der Waals surface area contributed by atoms with Crippen molar-refractivity contribution >= 4 is 11.8 Å². The van der Waals surface area contributed by atoms with Gasteiger partial charge in [-0.05, 0) is 29.2 Å². The topological polar surface area (TPSA) is 94.9 Å². The summed E-state index contributed by atoms with van der Waals surface area (Å²) in [6, 6.07) is 21.9. The molecule has 6 heteroatoms. The lowest BCUT2D eigenvalue weighted by Crippen LogP contribution is -2.49. The molecule has 0 bridgehead atoms. The number of benzene rings is 2. The number of pyridine rings is 1. The van der Waals surface area contributed by atoms with E-state index in [0.717, 1.165) is 22.3 Å². The van der Waals surface area contributed by atoms with E-state index in [9.17, 15) is 9.59 Å². The van der Waals surface area contributed by atoms with Gasteiger partial charge in [0.2, 0.25) is 11.8 Å². The van der Waals surface area contributed by atoms with Gasteiger partial charge in [-0.15, -0.1) is 0 Å². The number of nitriles is 1. The average Bonchev–Trinajstić information content (AvgIpc) is 2.78. The van der Waals surface area contributed by atoms with Crippen molar-refractivity contribution in [3.05, 3.63) is 101 Å². The first kappa shape index (κ1) is 21.7. The number of carbonyl (C=O) groups excluding carboxylic acids is 2. The van der Waals surface area contributed by atoms with Gasteiger partial charge in [-0.2, -0.15) is 5.26 Å². The Bertz CT molecular complexity index is 1020. The van der Waals surface area contributed by atoms with Crippen LogP contribution in [0.15, 0.2) is 79.1 Å². The van der Waals surface area contributed by atoms with Gasteiger partial charge in [0.1, 0.15) is 12.6 Å². The molecule has 1 heterocycles. The lowest BCUT2D eigenvalue weighted by molar-refractivity contribution is -0.129. The standard InChI is InChI=1S/C25H24N4O2/c1-18-14-19(17-27-16-18)15-22(24(30)28-13-12-26)29-25(31)23(20-8-4-2-5-9-20)21-10-6-3-7-11-21/h2-11,14,16-17,22-23H,13,15H2,1H3,(H,28,30)(H,29,31)/t22-/m0/s1. The van der Waals surface area contributed by atoms with Crippen molar-refractivity contribution in [1.82, 2.24) is 15.6 Å². The van der Waals surface area contributed by atoms with Crippen LogP contribution in [0.2, 0.25) is 0 Å². The molecular formula is C25H24N4O2. The van der Waals surface area contributed by atoms with Crippen LogP contribution in [0.1, 0.15) is 28.2 Å². The predicted molar refractivity (Wildman–Crippen MR) is 118 cm³/mol. The van der Waals surface area contributed by atoms with Crippen LogP contribution >= 0.6 is 0 Å². The Labute approximate surface area is 182 Å². The van der Waals surface area contributed by atoms with Crippen LogP contribution in [-0.2, 0) is 16.0 Å². The maximum Gasteiger partial charge on any atom is 0.243 e. The quantitative estimate of drug-likeness (QED) is 0.556. The number of hydrogen-bond acceptors (Lipinski definition) is 4. The highest BCUT2D eigenvalue weighted by atomic mass is 16.2. The molecule has 0 aliphatic carbocycles. The van der Waals surface area contributed by atoms with E-state index >= 15 is 0 Å². The van der Waals surface area contributed by atoms with E-state index in [1.165, 1.54) is 0 Å². The van der Waals surface area contributed by atoms with Gasteiger partial charge < -0.3 is 10.6 Å². The second-order valence-corrected chi connectivity index (χ2v) is 7.27. The molecule has 2 N–H and O–H groups in total. The minimum absolute atomic E-state index is 0.127. The molecule has 1 aromatic heterocycles. The summed E-state index contributed by atoms with van der Waals surface area (Å²) < 4.78 is 0. The van der Waals surface area contributed by atoms with Crippen molar-refractivity contribution in [1.29, 1.82) is 5.26 Å². The zero-order valence-corrected chi connectivity index (χ0v) is 17.3. The largest absolute Gasteiger partial charge is 0.343 e. The smallest absolute Gasteiger partial charge is 0.243 e. The van der Waals surface area contributed by atoms with Crippen LogP contribution < -0.4 is 10.6 Å². The molecule has 0 fully saturated rings. The van der Waals surface area contributed by atoms with Gasteiger partial charge in [-0.1, -0.05) is 66.7 Å². The molecule has 0 saturated heterocycles. The van der Waals surface area contributed by atoms with Crippen LogP contribution in [0.3, 0.4) is 0 Å². The molecule has 2 aromatic carbocycles. The average molecular weight is 412 g/mol. The molecule has 2 amide bonds. The summed E-state index contributed by atoms with van der Waals surface area (Å²) in [5.41, 5.74) is 3.46. The van der Waals surface area contributed by atoms with Crippen LogP contribution in [0.5, 0.6) is 0 Å². The maximum atomic E-state index is 13.4. The summed E-state index contributed by atoms with van der Waals surface area (Å²) in [7, 11) is 0. The Morgan fingerprint density at radius 2 is 1.58 bits per heavy atom. The molecule has 0 aliphatic rings. The number of carbonyl (C=O) groups is 2. The highest BCUT2D eigenvalue weighted by Crippen LogP contribution is 2.25. The molecular weight excluding hydrogens is 388 g/mol. The van der Waals surface area contributed by atoms with E-state index in [1.54, 1.807) is 12.4 Å². The minimum atomic E-state index is -0.834. The van der Waals surface area contributed by atoms with Crippen LogP contribution in [0, 0.1) is 18.3 Å². The normalized spacial score (nSPS) is 11.4. The van der Waals surface area contributed by atoms with Gasteiger partial charge >= 0.3 is 0 Å². The Morgan fingerprint density at radius 1 is 0.968 bits per heavy atom. The van der Waals surface area contributed by atoms with E-state index in [1.807, 2.05) is 79.7 Å². The first-order chi connectivity index (χ1) is 15.1. The number of hydrogen-bond donors (Lipinski definition) is 2. The number of rotatable bonds is 8. The van der Waals surface area contributed by atoms with Gasteiger partial charge in [0.25, 0.3) is 0 Å². The van der Waals surface area contributed by atoms with Crippen molar-refractivity contribution in [2.75, 3.05) is 6.54 Å². The Morgan fingerprint density at radius 3 is 2.13 bits per heavy atom. The van der Waals surface area contributed by atoms with E-state index in [4.69, 9.17) is 5.26 Å². The fraction of sp³-hybridized carbons (Fsp3) is 0.200. The second kappa shape index (κ2) is 10.7. The van der Waals surface area contributed by atoms with Crippen molar-refractivity contribution in [2.24, 2.45) is 0 Å². The monoisotopic (exact) mass is 412 g/mol. The van der Waals surface area contributed by atoms with Gasteiger partial charge in [0.15, 0.2) is 0 Å². The number of aromatic nitrogens is 1.